The minimum Gasteiger partial charge on any atom is -0.462 e. The van der Waals surface area contributed by atoms with Crippen LogP contribution in [-0.2, 0) is 19.0 Å². The van der Waals surface area contributed by atoms with Crippen LogP contribution in [0, 0.1) is 24.0 Å². The molecule has 0 unspecified atom stereocenters. The average Bonchev–Trinajstić information content (AvgIpc) is 3.27. The van der Waals surface area contributed by atoms with Gasteiger partial charge in [-0.1, -0.05) is 12.7 Å². The molecule has 0 aromatic carbocycles. The monoisotopic (exact) mass is 511 g/mol. The minimum absolute atomic E-state index is 0.192. The maximum Gasteiger partial charge on any atom is 0.340 e. The van der Waals surface area contributed by atoms with E-state index in [2.05, 4.69) is 16.6 Å². The number of aromatic amines is 1. The minimum atomic E-state index is -0.535. The summed E-state index contributed by atoms with van der Waals surface area (Å²) in [5, 5.41) is 11.7. The number of nitrogens with zero attached hydrogens (tertiary/aromatic N) is 2. The molecule has 10 nitrogen and oxygen atoms in total. The van der Waals surface area contributed by atoms with E-state index in [0.29, 0.717) is 50.6 Å². The Kier molecular flexibility index (Phi) is 10.1. The third-order valence-corrected chi connectivity index (χ3v) is 5.66. The van der Waals surface area contributed by atoms with Crippen molar-refractivity contribution in [3.63, 3.8) is 0 Å². The van der Waals surface area contributed by atoms with Crippen molar-refractivity contribution in [3.8, 4) is 0 Å². The highest BCUT2D eigenvalue weighted by Gasteiger charge is 2.30. The van der Waals surface area contributed by atoms with Gasteiger partial charge in [0.05, 0.1) is 53.0 Å². The molecule has 1 aliphatic rings. The zero-order valence-corrected chi connectivity index (χ0v) is 22.3. The molecule has 1 N–H and O–H groups in total. The van der Waals surface area contributed by atoms with Crippen molar-refractivity contribution < 1.29 is 28.7 Å². The Balaban J connectivity index is 2.87. The molecule has 198 valence electrons. The molecule has 10 heteroatoms. The molecule has 0 saturated heterocycles. The molecule has 1 aliphatic heterocycles. The first kappa shape index (κ1) is 29.2. The molecule has 1 aromatic rings. The van der Waals surface area contributed by atoms with Gasteiger partial charge in [-0.3, -0.25) is 15.1 Å². The number of carbonyl (C=O) groups excluding carboxylic acids is 2. The van der Waals surface area contributed by atoms with Gasteiger partial charge in [0, 0.05) is 30.5 Å². The highest BCUT2D eigenvalue weighted by atomic mass is 16.6. The van der Waals surface area contributed by atoms with E-state index in [1.54, 1.807) is 41.5 Å². The standard InChI is InChI=1S/C27H33N3O7/c1-9-36-26(31)22-16(4)24(28-18(22)6)21(15(3)14-20(30(33)34)12-11-13-35-8)25-17(5)23(19(7)29-25)27(32)37-10-2/h11-12,14,28H,3,9-10,13H2,1-2,4-8H3/b12-11-,20-14+,25-21-. The molecule has 0 saturated carbocycles. The Morgan fingerprint density at radius 3 is 2.30 bits per heavy atom. The predicted molar refractivity (Wildman–Crippen MR) is 141 cm³/mol. The van der Waals surface area contributed by atoms with Crippen molar-refractivity contribution in [3.05, 3.63) is 85.5 Å². The maximum absolute atomic E-state index is 12.7. The lowest BCUT2D eigenvalue weighted by Gasteiger charge is -2.12. The fraction of sp³-hybridized carbons (Fsp3) is 0.370. The number of allylic oxidation sites excluding steroid dienone is 5. The van der Waals surface area contributed by atoms with Gasteiger partial charge in [0.15, 0.2) is 0 Å². The molecule has 2 rings (SSSR count). The van der Waals surface area contributed by atoms with Crippen LogP contribution in [0.1, 0.15) is 55.0 Å². The Morgan fingerprint density at radius 1 is 1.11 bits per heavy atom. The van der Waals surface area contributed by atoms with Gasteiger partial charge in [-0.15, -0.1) is 0 Å². The van der Waals surface area contributed by atoms with E-state index in [1.165, 1.54) is 25.3 Å². The highest BCUT2D eigenvalue weighted by molar-refractivity contribution is 6.22. The van der Waals surface area contributed by atoms with Crippen molar-refractivity contribution >= 4 is 23.2 Å². The third kappa shape index (κ3) is 6.39. The summed E-state index contributed by atoms with van der Waals surface area (Å²) in [7, 11) is 1.48. The van der Waals surface area contributed by atoms with Crippen LogP contribution in [0.15, 0.2) is 57.9 Å². The number of carbonyl (C=O) groups is 2. The zero-order valence-electron chi connectivity index (χ0n) is 22.3. The van der Waals surface area contributed by atoms with Gasteiger partial charge >= 0.3 is 11.9 Å². The largest absolute Gasteiger partial charge is 0.462 e. The molecule has 0 aliphatic carbocycles. The van der Waals surface area contributed by atoms with Crippen molar-refractivity contribution in [1.82, 2.24) is 4.98 Å². The Labute approximate surface area is 216 Å². The first-order valence-electron chi connectivity index (χ1n) is 11.8. The summed E-state index contributed by atoms with van der Waals surface area (Å²) in [5.74, 6) is -1.01. The normalized spacial score (nSPS) is 15.2. The average molecular weight is 512 g/mol. The Hall–Kier alpha value is -4.05. The fourth-order valence-corrected chi connectivity index (χ4v) is 4.06. The molecule has 37 heavy (non-hydrogen) atoms. The quantitative estimate of drug-likeness (QED) is 0.195. The summed E-state index contributed by atoms with van der Waals surface area (Å²) >= 11 is 0. The van der Waals surface area contributed by atoms with Crippen molar-refractivity contribution in [2.75, 3.05) is 26.9 Å². The predicted octanol–water partition coefficient (Wildman–Crippen LogP) is 4.79. The topological polar surface area (TPSA) is 133 Å². The molecule has 0 bridgehead atoms. The van der Waals surface area contributed by atoms with Crippen LogP contribution in [0.25, 0.3) is 5.57 Å². The number of H-pyrrole nitrogens is 1. The summed E-state index contributed by atoms with van der Waals surface area (Å²) in [6, 6.07) is 0. The van der Waals surface area contributed by atoms with Gasteiger partial charge < -0.3 is 19.2 Å². The lowest BCUT2D eigenvalue weighted by atomic mass is 9.94. The van der Waals surface area contributed by atoms with E-state index in [0.717, 1.165) is 0 Å². The van der Waals surface area contributed by atoms with Crippen molar-refractivity contribution in [1.29, 1.82) is 0 Å². The molecule has 0 spiro atoms. The van der Waals surface area contributed by atoms with Crippen LogP contribution in [0.3, 0.4) is 0 Å². The number of methoxy groups -OCH3 is 1. The SMILES string of the molecule is C=C(/C=C(\C=C/COC)[N+](=O)[O-])/C(=C1/N=C(C)C(C(=O)OCC)=C1C)c1[nH]c(C)c(C(=O)OCC)c1C. The van der Waals surface area contributed by atoms with Gasteiger partial charge in [0.1, 0.15) is 0 Å². The lowest BCUT2D eigenvalue weighted by molar-refractivity contribution is -0.419. The molecule has 1 aromatic heterocycles. The fourth-order valence-electron chi connectivity index (χ4n) is 4.06. The Morgan fingerprint density at radius 2 is 1.73 bits per heavy atom. The van der Waals surface area contributed by atoms with E-state index in [-0.39, 0.29) is 31.1 Å². The van der Waals surface area contributed by atoms with Gasteiger partial charge in [-0.25, -0.2) is 9.59 Å². The number of aromatic nitrogens is 1. The van der Waals surface area contributed by atoms with Gasteiger partial charge in [-0.05, 0) is 58.3 Å². The summed E-state index contributed by atoms with van der Waals surface area (Å²) in [4.78, 5) is 44.3. The van der Waals surface area contributed by atoms with E-state index >= 15 is 0 Å². The number of hydrogen-bond acceptors (Lipinski definition) is 8. The van der Waals surface area contributed by atoms with Crippen LogP contribution in [-0.4, -0.2) is 54.5 Å². The molecular formula is C27H33N3O7. The molecule has 2 heterocycles. The van der Waals surface area contributed by atoms with Crippen molar-refractivity contribution in [2.24, 2.45) is 4.99 Å². The van der Waals surface area contributed by atoms with E-state index in [4.69, 9.17) is 14.2 Å². The number of hydrogen-bond donors (Lipinski definition) is 1. The molecule has 0 amide bonds. The summed E-state index contributed by atoms with van der Waals surface area (Å²) in [5.41, 5.74) is 4.08. The number of nitro groups is 1. The molecule has 0 radical (unpaired) electrons. The second kappa shape index (κ2) is 12.8. The third-order valence-electron chi connectivity index (χ3n) is 5.66. The Bertz CT molecular complexity index is 1270. The van der Waals surface area contributed by atoms with E-state index in [9.17, 15) is 19.7 Å². The molecular weight excluding hydrogens is 478 g/mol. The number of rotatable bonds is 11. The first-order chi connectivity index (χ1) is 17.5. The van der Waals surface area contributed by atoms with Crippen LogP contribution < -0.4 is 0 Å². The van der Waals surface area contributed by atoms with Gasteiger partial charge in [0.2, 0.25) is 0 Å². The van der Waals surface area contributed by atoms with E-state index in [1.807, 2.05) is 0 Å². The lowest BCUT2D eigenvalue weighted by Crippen LogP contribution is -2.13. The van der Waals surface area contributed by atoms with Crippen LogP contribution in [0.5, 0.6) is 0 Å². The van der Waals surface area contributed by atoms with Crippen LogP contribution in [0.2, 0.25) is 0 Å². The molecule has 0 fully saturated rings. The summed E-state index contributed by atoms with van der Waals surface area (Å²) in [6.45, 7) is 15.0. The second-order valence-corrected chi connectivity index (χ2v) is 8.20. The highest BCUT2D eigenvalue weighted by Crippen LogP contribution is 2.39. The number of aryl methyl sites for hydroxylation is 1. The number of ether oxygens (including phenoxy) is 3. The van der Waals surface area contributed by atoms with Crippen molar-refractivity contribution in [2.45, 2.75) is 41.5 Å². The second-order valence-electron chi connectivity index (χ2n) is 8.20. The summed E-state index contributed by atoms with van der Waals surface area (Å²) in [6.07, 6.45) is 4.15. The van der Waals surface area contributed by atoms with Crippen LogP contribution >= 0.6 is 0 Å². The van der Waals surface area contributed by atoms with Gasteiger partial charge in [-0.2, -0.15) is 0 Å². The molecule has 0 atom stereocenters. The van der Waals surface area contributed by atoms with Crippen LogP contribution in [0.4, 0.5) is 0 Å². The first-order valence-corrected chi connectivity index (χ1v) is 11.8. The number of aliphatic imine (C=N–C) groups is 1. The van der Waals surface area contributed by atoms with Gasteiger partial charge in [0.25, 0.3) is 5.70 Å². The smallest absolute Gasteiger partial charge is 0.340 e. The summed E-state index contributed by atoms with van der Waals surface area (Å²) < 4.78 is 15.4. The zero-order chi connectivity index (χ0) is 27.9. The number of nitrogens with one attached hydrogen (secondary N) is 1. The maximum atomic E-state index is 12.7. The van der Waals surface area contributed by atoms with E-state index < -0.39 is 16.9 Å². The number of esters is 2.